The first-order valence-electron chi connectivity index (χ1n) is 10.7. The molecule has 1 aromatic heterocycles. The van der Waals surface area contributed by atoms with Crippen LogP contribution in [0.2, 0.25) is 0 Å². The summed E-state index contributed by atoms with van der Waals surface area (Å²) < 4.78 is 39.1. The number of ether oxygens (including phenoxy) is 2. The molecule has 0 unspecified atom stereocenters. The van der Waals surface area contributed by atoms with E-state index in [1.807, 2.05) is 31.2 Å². The fourth-order valence-corrected chi connectivity index (χ4v) is 5.18. The van der Waals surface area contributed by atoms with Gasteiger partial charge in [-0.2, -0.15) is 4.31 Å². The average molecular weight is 479 g/mol. The molecule has 0 radical (unpaired) electrons. The van der Waals surface area contributed by atoms with Crippen molar-refractivity contribution in [3.8, 4) is 11.5 Å². The molecule has 0 bridgehead atoms. The van der Waals surface area contributed by atoms with E-state index in [9.17, 15) is 13.2 Å². The monoisotopic (exact) mass is 478 g/mol. The van der Waals surface area contributed by atoms with Crippen molar-refractivity contribution in [2.45, 2.75) is 24.9 Å². The van der Waals surface area contributed by atoms with Crippen LogP contribution in [0.25, 0.3) is 10.9 Å². The number of nitrogens with zero attached hydrogens (tertiary/aromatic N) is 1. The molecule has 0 saturated heterocycles. The molecule has 1 heterocycles. The van der Waals surface area contributed by atoms with Crippen molar-refractivity contribution in [2.75, 3.05) is 14.2 Å². The molecule has 0 aliphatic rings. The summed E-state index contributed by atoms with van der Waals surface area (Å²) in [6.45, 7) is 2.01. The maximum atomic E-state index is 13.5. The molecule has 0 saturated carbocycles. The van der Waals surface area contributed by atoms with Crippen LogP contribution in [0.1, 0.15) is 16.7 Å². The maximum Gasteiger partial charge on any atom is 0.252 e. The lowest BCUT2D eigenvalue weighted by Gasteiger charge is -2.22. The van der Waals surface area contributed by atoms with Crippen LogP contribution in [0.15, 0.2) is 82.5 Å². The number of sulfonamides is 1. The van der Waals surface area contributed by atoms with Gasteiger partial charge in [-0.3, -0.25) is 4.79 Å². The number of benzene rings is 3. The zero-order valence-corrected chi connectivity index (χ0v) is 20.1. The van der Waals surface area contributed by atoms with E-state index in [2.05, 4.69) is 4.98 Å². The number of aromatic amines is 1. The minimum atomic E-state index is -3.87. The Morgan fingerprint density at radius 3 is 2.15 bits per heavy atom. The SMILES string of the molecule is COc1cc2cc(CN(Cc3ccc(C)cc3)S(=O)(=O)c3ccccc3)c(=O)[nH]c2cc1OC. The molecular formula is C26H26N2O5S. The smallest absolute Gasteiger partial charge is 0.252 e. The molecular weight excluding hydrogens is 452 g/mol. The van der Waals surface area contributed by atoms with E-state index in [-0.39, 0.29) is 23.5 Å². The molecule has 4 rings (SSSR count). The van der Waals surface area contributed by atoms with Gasteiger partial charge in [-0.05, 0) is 36.8 Å². The van der Waals surface area contributed by atoms with Gasteiger partial charge in [0.25, 0.3) is 5.56 Å². The fraction of sp³-hybridized carbons (Fsp3) is 0.192. The summed E-state index contributed by atoms with van der Waals surface area (Å²) >= 11 is 0. The van der Waals surface area contributed by atoms with Crippen molar-refractivity contribution >= 4 is 20.9 Å². The number of fused-ring (bicyclic) bond motifs is 1. The van der Waals surface area contributed by atoms with Gasteiger partial charge in [-0.15, -0.1) is 0 Å². The predicted octanol–water partition coefficient (Wildman–Crippen LogP) is 4.24. The molecule has 0 aliphatic carbocycles. The van der Waals surface area contributed by atoms with Gasteiger partial charge in [0.1, 0.15) is 0 Å². The van der Waals surface area contributed by atoms with E-state index in [1.54, 1.807) is 48.5 Å². The van der Waals surface area contributed by atoms with E-state index in [0.717, 1.165) is 11.1 Å². The second-order valence-corrected chi connectivity index (χ2v) is 9.93. The van der Waals surface area contributed by atoms with Gasteiger partial charge in [0, 0.05) is 30.1 Å². The fourth-order valence-electron chi connectivity index (χ4n) is 3.75. The Hall–Kier alpha value is -3.62. The number of rotatable bonds is 8. The van der Waals surface area contributed by atoms with Gasteiger partial charge in [0.15, 0.2) is 11.5 Å². The van der Waals surface area contributed by atoms with Crippen molar-refractivity contribution in [2.24, 2.45) is 0 Å². The summed E-state index contributed by atoms with van der Waals surface area (Å²) in [7, 11) is -0.810. The van der Waals surface area contributed by atoms with Crippen molar-refractivity contribution in [3.63, 3.8) is 0 Å². The Balaban J connectivity index is 1.78. The zero-order valence-electron chi connectivity index (χ0n) is 19.2. The van der Waals surface area contributed by atoms with Crippen molar-refractivity contribution in [1.29, 1.82) is 0 Å². The maximum absolute atomic E-state index is 13.5. The Morgan fingerprint density at radius 1 is 0.853 bits per heavy atom. The quantitative estimate of drug-likeness (QED) is 0.409. The number of hydrogen-bond acceptors (Lipinski definition) is 5. The largest absolute Gasteiger partial charge is 0.493 e. The van der Waals surface area contributed by atoms with E-state index in [4.69, 9.17) is 9.47 Å². The van der Waals surface area contributed by atoms with E-state index in [1.165, 1.54) is 18.5 Å². The van der Waals surface area contributed by atoms with Crippen LogP contribution in [-0.2, 0) is 23.1 Å². The molecule has 0 atom stereocenters. The molecule has 7 nitrogen and oxygen atoms in total. The minimum absolute atomic E-state index is 0.0925. The van der Waals surface area contributed by atoms with Crippen LogP contribution in [0.4, 0.5) is 0 Å². The number of hydrogen-bond donors (Lipinski definition) is 1. The highest BCUT2D eigenvalue weighted by molar-refractivity contribution is 7.89. The normalized spacial score (nSPS) is 11.6. The molecule has 3 aromatic carbocycles. The summed E-state index contributed by atoms with van der Waals surface area (Å²) in [5, 5.41) is 0.708. The lowest BCUT2D eigenvalue weighted by Crippen LogP contribution is -2.32. The number of pyridine rings is 1. The van der Waals surface area contributed by atoms with E-state index >= 15 is 0 Å². The second kappa shape index (κ2) is 9.70. The molecule has 0 fully saturated rings. The van der Waals surface area contributed by atoms with Crippen LogP contribution in [0.5, 0.6) is 11.5 Å². The van der Waals surface area contributed by atoms with Crippen molar-refractivity contribution in [1.82, 2.24) is 9.29 Å². The summed E-state index contributed by atoms with van der Waals surface area (Å²) in [6.07, 6.45) is 0. The lowest BCUT2D eigenvalue weighted by molar-refractivity contribution is 0.355. The summed E-state index contributed by atoms with van der Waals surface area (Å²) in [5.41, 5.74) is 2.44. The Kier molecular flexibility index (Phi) is 6.72. The molecule has 4 aromatic rings. The molecule has 1 N–H and O–H groups in total. The average Bonchev–Trinajstić information content (AvgIpc) is 2.85. The molecule has 0 aliphatic heterocycles. The number of aryl methyl sites for hydroxylation is 1. The van der Waals surface area contributed by atoms with E-state index < -0.39 is 10.0 Å². The number of methoxy groups -OCH3 is 2. The zero-order chi connectivity index (χ0) is 24.3. The second-order valence-electron chi connectivity index (χ2n) is 7.99. The standard InChI is InChI=1S/C26H26N2O5S/c1-18-9-11-19(12-10-18)16-28(34(30,31)22-7-5-4-6-8-22)17-21-13-20-14-24(32-2)25(33-3)15-23(20)27-26(21)29/h4-15H,16-17H2,1-3H3,(H,27,29). The summed E-state index contributed by atoms with van der Waals surface area (Å²) in [4.78, 5) is 15.9. The highest BCUT2D eigenvalue weighted by Gasteiger charge is 2.26. The first kappa shape index (κ1) is 23.5. The highest BCUT2D eigenvalue weighted by atomic mass is 32.2. The summed E-state index contributed by atoms with van der Waals surface area (Å²) in [6, 6.07) is 21.0. The van der Waals surface area contributed by atoms with E-state index in [0.29, 0.717) is 28.0 Å². The van der Waals surface area contributed by atoms with Gasteiger partial charge in [0.05, 0.1) is 24.6 Å². The van der Waals surface area contributed by atoms with Crippen LogP contribution in [0, 0.1) is 6.92 Å². The third kappa shape index (κ3) is 4.83. The molecule has 176 valence electrons. The third-order valence-electron chi connectivity index (χ3n) is 5.63. The Bertz CT molecular complexity index is 1460. The lowest BCUT2D eigenvalue weighted by atomic mass is 10.1. The minimum Gasteiger partial charge on any atom is -0.493 e. The van der Waals surface area contributed by atoms with Crippen LogP contribution >= 0.6 is 0 Å². The van der Waals surface area contributed by atoms with Gasteiger partial charge in [-0.25, -0.2) is 8.42 Å². The Morgan fingerprint density at radius 2 is 1.50 bits per heavy atom. The number of H-pyrrole nitrogens is 1. The predicted molar refractivity (Wildman–Crippen MR) is 132 cm³/mol. The van der Waals surface area contributed by atoms with Crippen LogP contribution in [-0.4, -0.2) is 31.9 Å². The first-order valence-corrected chi connectivity index (χ1v) is 12.1. The van der Waals surface area contributed by atoms with Gasteiger partial charge < -0.3 is 14.5 Å². The highest BCUT2D eigenvalue weighted by Crippen LogP contribution is 2.31. The molecule has 0 amide bonds. The molecule has 34 heavy (non-hydrogen) atoms. The van der Waals surface area contributed by atoms with Gasteiger partial charge in [-0.1, -0.05) is 48.0 Å². The third-order valence-corrected chi connectivity index (χ3v) is 7.44. The van der Waals surface area contributed by atoms with Gasteiger partial charge >= 0.3 is 0 Å². The summed E-state index contributed by atoms with van der Waals surface area (Å²) in [5.74, 6) is 1.01. The topological polar surface area (TPSA) is 88.7 Å². The van der Waals surface area contributed by atoms with Crippen LogP contribution < -0.4 is 15.0 Å². The number of nitrogens with one attached hydrogen (secondary N) is 1. The van der Waals surface area contributed by atoms with Crippen molar-refractivity contribution < 1.29 is 17.9 Å². The molecule has 8 heteroatoms. The number of aromatic nitrogens is 1. The molecule has 0 spiro atoms. The van der Waals surface area contributed by atoms with Crippen LogP contribution in [0.3, 0.4) is 0 Å². The van der Waals surface area contributed by atoms with Gasteiger partial charge in [0.2, 0.25) is 10.0 Å². The Labute approximate surface area is 198 Å². The first-order chi connectivity index (χ1) is 16.3. The van der Waals surface area contributed by atoms with Crippen molar-refractivity contribution in [3.05, 3.63) is 99.8 Å².